The Bertz CT molecular complexity index is 954. The molecule has 0 radical (unpaired) electrons. The Balaban J connectivity index is 1.54. The maximum absolute atomic E-state index is 12.9. The van der Waals surface area contributed by atoms with E-state index in [4.69, 9.17) is 4.74 Å². The second-order valence-corrected chi connectivity index (χ2v) is 8.68. The molecule has 0 aliphatic carbocycles. The summed E-state index contributed by atoms with van der Waals surface area (Å²) in [5.41, 5.74) is 2.06. The predicted octanol–water partition coefficient (Wildman–Crippen LogP) is 3.96. The van der Waals surface area contributed by atoms with Crippen molar-refractivity contribution >= 4 is 23.3 Å². The lowest BCUT2D eigenvalue weighted by Crippen LogP contribution is -2.40. The number of carbonyl (C=O) groups excluding carboxylic acids is 1. The van der Waals surface area contributed by atoms with Crippen LogP contribution in [0.4, 0.5) is 11.4 Å². The number of aromatic carboxylic acids is 1. The Morgan fingerprint density at radius 2 is 1.75 bits per heavy atom. The third kappa shape index (κ3) is 5.22. The molecule has 0 unspecified atom stereocenters. The fourth-order valence-electron chi connectivity index (χ4n) is 4.75. The number of carboxylic acids is 1. The summed E-state index contributed by atoms with van der Waals surface area (Å²) in [5.74, 6) is -0.0391. The molecule has 170 valence electrons. The first-order valence-electron chi connectivity index (χ1n) is 11.3. The normalized spacial score (nSPS) is 19.0. The minimum atomic E-state index is -1.01. The number of methoxy groups -OCH3 is 1. The van der Waals surface area contributed by atoms with Gasteiger partial charge in [-0.25, -0.2) is 4.79 Å². The molecule has 2 aromatic carbocycles. The van der Waals surface area contributed by atoms with E-state index in [1.165, 1.54) is 32.4 Å². The number of hydrogen-bond acceptors (Lipinski definition) is 5. The first-order valence-corrected chi connectivity index (χ1v) is 11.3. The molecular weight excluding hydrogens is 406 g/mol. The summed E-state index contributed by atoms with van der Waals surface area (Å²) >= 11 is 0. The van der Waals surface area contributed by atoms with E-state index >= 15 is 0 Å². The van der Waals surface area contributed by atoms with Crippen LogP contribution >= 0.6 is 0 Å². The summed E-state index contributed by atoms with van der Waals surface area (Å²) in [6.07, 6.45) is 4.86. The van der Waals surface area contributed by atoms with Gasteiger partial charge < -0.3 is 25.0 Å². The highest BCUT2D eigenvalue weighted by Crippen LogP contribution is 2.32. The molecule has 7 heteroatoms. The maximum atomic E-state index is 12.9. The smallest absolute Gasteiger partial charge is 0.335 e. The molecule has 32 heavy (non-hydrogen) atoms. The number of amides is 1. The average Bonchev–Trinajstić information content (AvgIpc) is 3.32. The van der Waals surface area contributed by atoms with Gasteiger partial charge in [-0.05, 0) is 87.2 Å². The van der Waals surface area contributed by atoms with Gasteiger partial charge >= 0.3 is 5.97 Å². The molecule has 1 atom stereocenters. The molecule has 0 aromatic heterocycles. The summed E-state index contributed by atoms with van der Waals surface area (Å²) in [6.45, 7) is 5.29. The Morgan fingerprint density at radius 3 is 2.44 bits per heavy atom. The summed E-state index contributed by atoms with van der Waals surface area (Å²) in [4.78, 5) is 29.3. The summed E-state index contributed by atoms with van der Waals surface area (Å²) in [5, 5.41) is 12.4. The zero-order valence-electron chi connectivity index (χ0n) is 18.5. The number of carboxylic acid groups (broad SMARTS) is 1. The quantitative estimate of drug-likeness (QED) is 0.682. The molecule has 2 aliphatic heterocycles. The van der Waals surface area contributed by atoms with Gasteiger partial charge in [0, 0.05) is 25.2 Å². The monoisotopic (exact) mass is 437 g/mol. The minimum absolute atomic E-state index is 0.157. The first-order chi connectivity index (χ1) is 15.5. The molecule has 2 aromatic rings. The Labute approximate surface area is 189 Å². The van der Waals surface area contributed by atoms with E-state index in [0.717, 1.165) is 31.7 Å². The van der Waals surface area contributed by atoms with Crippen molar-refractivity contribution in [2.24, 2.45) is 5.92 Å². The number of likely N-dealkylation sites (tertiary alicyclic amines) is 1. The molecule has 2 heterocycles. The van der Waals surface area contributed by atoms with Crippen LogP contribution in [0.2, 0.25) is 0 Å². The Morgan fingerprint density at radius 1 is 1.03 bits per heavy atom. The van der Waals surface area contributed by atoms with E-state index in [-0.39, 0.29) is 11.5 Å². The summed E-state index contributed by atoms with van der Waals surface area (Å²) in [6, 6.07) is 11.9. The van der Waals surface area contributed by atoms with E-state index in [0.29, 0.717) is 22.9 Å². The number of nitrogens with zero attached hydrogens (tertiary/aromatic N) is 2. The summed E-state index contributed by atoms with van der Waals surface area (Å²) in [7, 11) is 1.58. The Hall–Kier alpha value is -3.06. The van der Waals surface area contributed by atoms with Crippen molar-refractivity contribution in [1.29, 1.82) is 0 Å². The Kier molecular flexibility index (Phi) is 6.95. The maximum Gasteiger partial charge on any atom is 0.335 e. The third-order valence-electron chi connectivity index (χ3n) is 6.42. The molecule has 2 N–H and O–H groups in total. The van der Waals surface area contributed by atoms with Gasteiger partial charge in [0.15, 0.2) is 0 Å². The summed E-state index contributed by atoms with van der Waals surface area (Å²) < 4.78 is 5.16. The molecule has 2 saturated heterocycles. The molecule has 0 spiro atoms. The average molecular weight is 438 g/mol. The van der Waals surface area contributed by atoms with Crippen molar-refractivity contribution in [3.05, 3.63) is 53.6 Å². The molecule has 7 nitrogen and oxygen atoms in total. The number of rotatable bonds is 7. The number of anilines is 2. The van der Waals surface area contributed by atoms with E-state index in [1.807, 2.05) is 6.07 Å². The van der Waals surface area contributed by atoms with Crippen molar-refractivity contribution in [2.75, 3.05) is 50.1 Å². The van der Waals surface area contributed by atoms with Gasteiger partial charge in [-0.3, -0.25) is 4.79 Å². The van der Waals surface area contributed by atoms with Gasteiger partial charge in [0.2, 0.25) is 0 Å². The van der Waals surface area contributed by atoms with Gasteiger partial charge in [0.25, 0.3) is 5.91 Å². The van der Waals surface area contributed by atoms with Crippen molar-refractivity contribution in [3.8, 4) is 5.75 Å². The number of hydrogen-bond donors (Lipinski definition) is 2. The largest absolute Gasteiger partial charge is 0.497 e. The molecule has 2 fully saturated rings. The lowest BCUT2D eigenvalue weighted by Gasteiger charge is -2.37. The van der Waals surface area contributed by atoms with Crippen LogP contribution in [0.5, 0.6) is 5.75 Å². The molecule has 1 amide bonds. The van der Waals surface area contributed by atoms with Crippen molar-refractivity contribution in [2.45, 2.75) is 25.7 Å². The fraction of sp³-hybridized carbons (Fsp3) is 0.440. The van der Waals surface area contributed by atoms with Gasteiger partial charge in [-0.2, -0.15) is 0 Å². The number of piperidine rings is 1. The van der Waals surface area contributed by atoms with Crippen molar-refractivity contribution in [1.82, 2.24) is 4.90 Å². The highest BCUT2D eigenvalue weighted by atomic mass is 16.5. The molecule has 4 rings (SSSR count). The van der Waals surface area contributed by atoms with Gasteiger partial charge in [0.05, 0.1) is 24.0 Å². The van der Waals surface area contributed by atoms with E-state index < -0.39 is 5.97 Å². The van der Waals surface area contributed by atoms with Crippen LogP contribution in [0.15, 0.2) is 42.5 Å². The number of carbonyl (C=O) groups is 2. The van der Waals surface area contributed by atoms with Crippen LogP contribution in [0, 0.1) is 5.92 Å². The molecule has 0 bridgehead atoms. The molecule has 2 aliphatic rings. The SMILES string of the molecule is COc1ccc(C(=O)Nc2cc(C(=O)O)ccc2N2CCC[C@@H](CN3CCCC3)C2)cc1. The van der Waals surface area contributed by atoms with Gasteiger partial charge in [-0.1, -0.05) is 0 Å². The van der Waals surface area contributed by atoms with Crippen molar-refractivity contribution < 1.29 is 19.4 Å². The van der Waals surface area contributed by atoms with Crippen LogP contribution in [0.25, 0.3) is 0 Å². The molecule has 0 saturated carbocycles. The number of benzene rings is 2. The van der Waals surface area contributed by atoms with E-state index in [1.54, 1.807) is 43.5 Å². The topological polar surface area (TPSA) is 82.1 Å². The second-order valence-electron chi connectivity index (χ2n) is 8.68. The standard InChI is InChI=1S/C25H31N3O4/c1-32-21-9-6-19(7-10-21)24(29)26-22-15-20(25(30)31)8-11-23(22)28-14-4-5-18(17-28)16-27-12-2-3-13-27/h6-11,15,18H,2-5,12-14,16-17H2,1H3,(H,26,29)(H,30,31)/t18-/m0/s1. The highest BCUT2D eigenvalue weighted by molar-refractivity contribution is 6.06. The van der Waals surface area contributed by atoms with Crippen molar-refractivity contribution in [3.63, 3.8) is 0 Å². The molecular formula is C25H31N3O4. The fourth-order valence-corrected chi connectivity index (χ4v) is 4.75. The van der Waals surface area contributed by atoms with Gasteiger partial charge in [-0.15, -0.1) is 0 Å². The zero-order valence-corrected chi connectivity index (χ0v) is 18.5. The first kappa shape index (κ1) is 22.1. The lowest BCUT2D eigenvalue weighted by molar-refractivity contribution is 0.0696. The predicted molar refractivity (Wildman–Crippen MR) is 125 cm³/mol. The van der Waals surface area contributed by atoms with Crippen LogP contribution in [0.1, 0.15) is 46.4 Å². The van der Waals surface area contributed by atoms with E-state index in [9.17, 15) is 14.7 Å². The number of nitrogens with one attached hydrogen (secondary N) is 1. The van der Waals surface area contributed by atoms with Crippen LogP contribution < -0.4 is 15.0 Å². The minimum Gasteiger partial charge on any atom is -0.497 e. The van der Waals surface area contributed by atoms with Crippen LogP contribution in [0.3, 0.4) is 0 Å². The third-order valence-corrected chi connectivity index (χ3v) is 6.42. The number of ether oxygens (including phenoxy) is 1. The highest BCUT2D eigenvalue weighted by Gasteiger charge is 2.25. The van der Waals surface area contributed by atoms with Gasteiger partial charge in [0.1, 0.15) is 5.75 Å². The second kappa shape index (κ2) is 10.0. The van der Waals surface area contributed by atoms with E-state index in [2.05, 4.69) is 15.1 Å². The van der Waals surface area contributed by atoms with Crippen LogP contribution in [-0.2, 0) is 0 Å². The lowest BCUT2D eigenvalue weighted by atomic mass is 9.96. The zero-order chi connectivity index (χ0) is 22.5. The van der Waals surface area contributed by atoms with Crippen LogP contribution in [-0.4, -0.2) is 61.7 Å².